The van der Waals surface area contributed by atoms with E-state index in [1.54, 1.807) is 0 Å². The van der Waals surface area contributed by atoms with Crippen molar-refractivity contribution in [2.75, 3.05) is 6.61 Å². The van der Waals surface area contributed by atoms with Crippen LogP contribution in [-0.4, -0.2) is 64.5 Å². The standard InChI is InChI=1S/C24H44Cl6O8S2/c1-2-3-4-5-9-12-15-20(26)22(28)23(38-40(34,35)36)21(27)17-19(25)14-11-8-6-7-10-13-16-24(29,30)18-37-39(31,32)33/h19-23H,2-18H2,1H3,(H,31,32,33)(H,34,35,36)/t19-,20-,21+,22-,23-/m0/s1. The molecule has 0 radical (unpaired) electrons. The Hall–Kier alpha value is 1.48. The Morgan fingerprint density at radius 3 is 1.73 bits per heavy atom. The van der Waals surface area contributed by atoms with Gasteiger partial charge in [0.2, 0.25) is 0 Å². The van der Waals surface area contributed by atoms with Gasteiger partial charge in [0.15, 0.2) is 0 Å². The van der Waals surface area contributed by atoms with E-state index in [1.807, 2.05) is 0 Å². The van der Waals surface area contributed by atoms with Crippen molar-refractivity contribution in [3.8, 4) is 0 Å². The van der Waals surface area contributed by atoms with E-state index in [-0.39, 0.29) is 11.8 Å². The Morgan fingerprint density at radius 2 is 1.20 bits per heavy atom. The highest BCUT2D eigenvalue weighted by Crippen LogP contribution is 2.31. The van der Waals surface area contributed by atoms with Crippen molar-refractivity contribution >= 4 is 90.4 Å². The molecule has 0 fully saturated rings. The van der Waals surface area contributed by atoms with Crippen LogP contribution in [0.25, 0.3) is 0 Å². The highest BCUT2D eigenvalue weighted by Gasteiger charge is 2.37. The molecule has 0 aliphatic heterocycles. The summed E-state index contributed by atoms with van der Waals surface area (Å²) in [5.74, 6) is 0. The molecule has 0 aromatic carbocycles. The van der Waals surface area contributed by atoms with E-state index >= 15 is 0 Å². The Morgan fingerprint density at radius 1 is 0.700 bits per heavy atom. The number of halogens is 6. The summed E-state index contributed by atoms with van der Waals surface area (Å²) in [5, 5.41) is -2.77. The normalized spacial score (nSPS) is 16.9. The van der Waals surface area contributed by atoms with Crippen LogP contribution < -0.4 is 0 Å². The molecule has 2 N–H and O–H groups in total. The van der Waals surface area contributed by atoms with Crippen LogP contribution in [-0.2, 0) is 29.2 Å². The second-order valence-corrected chi connectivity index (χ2v) is 16.1. The maximum atomic E-state index is 11.5. The van der Waals surface area contributed by atoms with E-state index in [0.29, 0.717) is 25.7 Å². The first-order valence-corrected chi connectivity index (χ1v) is 18.9. The predicted molar refractivity (Wildman–Crippen MR) is 166 cm³/mol. The van der Waals surface area contributed by atoms with Crippen molar-refractivity contribution < 1.29 is 34.3 Å². The van der Waals surface area contributed by atoms with Crippen LogP contribution in [0.2, 0.25) is 0 Å². The average Bonchev–Trinajstić information content (AvgIpc) is 2.83. The van der Waals surface area contributed by atoms with Gasteiger partial charge in [-0.15, -0.1) is 46.4 Å². The van der Waals surface area contributed by atoms with Crippen molar-refractivity contribution in [2.24, 2.45) is 0 Å². The third kappa shape index (κ3) is 23.9. The van der Waals surface area contributed by atoms with Gasteiger partial charge < -0.3 is 0 Å². The number of rotatable bonds is 26. The number of alkyl halides is 6. The zero-order chi connectivity index (χ0) is 30.8. The summed E-state index contributed by atoms with van der Waals surface area (Å²) in [6, 6.07) is 0. The molecule has 8 nitrogen and oxygen atoms in total. The monoisotopic (exact) mass is 734 g/mol. The lowest BCUT2D eigenvalue weighted by molar-refractivity contribution is 0.165. The lowest BCUT2D eigenvalue weighted by Crippen LogP contribution is -2.41. The smallest absolute Gasteiger partial charge is 0.264 e. The Labute approximate surface area is 271 Å². The molecule has 0 saturated heterocycles. The van der Waals surface area contributed by atoms with Crippen LogP contribution in [0.1, 0.15) is 110 Å². The molecule has 0 aromatic rings. The molecule has 0 rings (SSSR count). The van der Waals surface area contributed by atoms with E-state index in [0.717, 1.165) is 64.2 Å². The van der Waals surface area contributed by atoms with Gasteiger partial charge in [-0.2, -0.15) is 16.8 Å². The van der Waals surface area contributed by atoms with E-state index < -0.39 is 54.0 Å². The van der Waals surface area contributed by atoms with E-state index in [9.17, 15) is 21.4 Å². The molecule has 242 valence electrons. The molecule has 0 unspecified atom stereocenters. The predicted octanol–water partition coefficient (Wildman–Crippen LogP) is 8.86. The molecule has 0 spiro atoms. The van der Waals surface area contributed by atoms with Crippen molar-refractivity contribution in [2.45, 2.75) is 142 Å². The first-order chi connectivity index (χ1) is 18.5. The van der Waals surface area contributed by atoms with Gasteiger partial charge in [0.25, 0.3) is 0 Å². The second kappa shape index (κ2) is 22.1. The highest BCUT2D eigenvalue weighted by atomic mass is 35.5. The van der Waals surface area contributed by atoms with Gasteiger partial charge in [-0.05, 0) is 25.7 Å². The topological polar surface area (TPSA) is 127 Å². The van der Waals surface area contributed by atoms with Crippen LogP contribution in [0, 0.1) is 0 Å². The Kier molecular flexibility index (Phi) is 22.9. The van der Waals surface area contributed by atoms with Crippen LogP contribution in [0.4, 0.5) is 0 Å². The minimum absolute atomic E-state index is 0.215. The lowest BCUT2D eigenvalue weighted by atomic mass is 10.00. The summed E-state index contributed by atoms with van der Waals surface area (Å²) < 4.78 is 69.7. The largest absolute Gasteiger partial charge is 0.397 e. The molecular formula is C24H44Cl6O8S2. The number of hydrogen-bond donors (Lipinski definition) is 2. The fourth-order valence-corrected chi connectivity index (χ4v) is 7.22. The van der Waals surface area contributed by atoms with Crippen molar-refractivity contribution in [3.05, 3.63) is 0 Å². The second-order valence-electron chi connectivity index (χ2n) is 10.1. The number of hydrogen-bond acceptors (Lipinski definition) is 6. The average molecular weight is 737 g/mol. The summed E-state index contributed by atoms with van der Waals surface area (Å²) in [5.41, 5.74) is 0. The van der Waals surface area contributed by atoms with Gasteiger partial charge in [0, 0.05) is 5.38 Å². The van der Waals surface area contributed by atoms with Gasteiger partial charge in [0.05, 0.1) is 16.1 Å². The summed E-state index contributed by atoms with van der Waals surface area (Å²) in [6.07, 6.45) is 12.0. The van der Waals surface area contributed by atoms with E-state index in [2.05, 4.69) is 11.1 Å². The van der Waals surface area contributed by atoms with Crippen molar-refractivity contribution in [1.29, 1.82) is 0 Å². The molecule has 0 bridgehead atoms. The molecule has 0 heterocycles. The maximum Gasteiger partial charge on any atom is 0.397 e. The summed E-state index contributed by atoms with van der Waals surface area (Å²) in [4.78, 5) is 0. The third-order valence-corrected chi connectivity index (χ3v) is 9.76. The molecule has 0 aliphatic carbocycles. The fraction of sp³-hybridized carbons (Fsp3) is 1.00. The van der Waals surface area contributed by atoms with Crippen molar-refractivity contribution in [1.82, 2.24) is 0 Å². The summed E-state index contributed by atoms with van der Waals surface area (Å²) in [6.45, 7) is 1.62. The van der Waals surface area contributed by atoms with Gasteiger partial charge in [-0.3, -0.25) is 9.11 Å². The molecule has 0 amide bonds. The first-order valence-electron chi connectivity index (χ1n) is 13.7. The Bertz CT molecular complexity index is 863. The van der Waals surface area contributed by atoms with Crippen LogP contribution in [0.5, 0.6) is 0 Å². The third-order valence-electron chi connectivity index (χ3n) is 6.29. The maximum absolute atomic E-state index is 11.5. The molecule has 0 aromatic heterocycles. The summed E-state index contributed by atoms with van der Waals surface area (Å²) >= 11 is 37.8. The van der Waals surface area contributed by atoms with Crippen LogP contribution in [0.15, 0.2) is 0 Å². The van der Waals surface area contributed by atoms with Gasteiger partial charge >= 0.3 is 20.8 Å². The minimum atomic E-state index is -4.80. The minimum Gasteiger partial charge on any atom is -0.264 e. The zero-order valence-corrected chi connectivity index (χ0v) is 29.0. The SMILES string of the molecule is CCCCCCCC[C@H](Cl)[C@H](Cl)[C@@H](OS(=O)(=O)O)[C@H](Cl)C[C@@H](Cl)CCCCCCCCC(Cl)(Cl)COS(=O)(=O)O. The summed E-state index contributed by atoms with van der Waals surface area (Å²) in [7, 11) is -9.39. The molecule has 0 saturated carbocycles. The number of unbranched alkanes of at least 4 members (excludes halogenated alkanes) is 10. The van der Waals surface area contributed by atoms with Gasteiger partial charge in [-0.1, -0.05) is 107 Å². The van der Waals surface area contributed by atoms with Crippen LogP contribution >= 0.6 is 69.6 Å². The van der Waals surface area contributed by atoms with Gasteiger partial charge in [-0.25, -0.2) is 8.37 Å². The molecule has 16 heteroatoms. The quantitative estimate of drug-likeness (QED) is 0.0512. The molecule has 0 aliphatic rings. The van der Waals surface area contributed by atoms with E-state index in [4.69, 9.17) is 78.3 Å². The molecule has 40 heavy (non-hydrogen) atoms. The van der Waals surface area contributed by atoms with E-state index in [1.165, 1.54) is 6.42 Å². The first kappa shape index (κ1) is 41.5. The van der Waals surface area contributed by atoms with Crippen LogP contribution in [0.3, 0.4) is 0 Å². The fourth-order valence-electron chi connectivity index (χ4n) is 4.12. The Balaban J connectivity index is 4.41. The molecule has 5 atom stereocenters. The zero-order valence-electron chi connectivity index (χ0n) is 22.8. The lowest BCUT2D eigenvalue weighted by Gasteiger charge is -2.29. The highest BCUT2D eigenvalue weighted by molar-refractivity contribution is 7.81. The van der Waals surface area contributed by atoms with Crippen molar-refractivity contribution in [3.63, 3.8) is 0 Å². The molecular weight excluding hydrogens is 693 g/mol. The van der Waals surface area contributed by atoms with Gasteiger partial charge in [0.1, 0.15) is 17.0 Å².